The highest BCUT2D eigenvalue weighted by atomic mass is 16.5. The summed E-state index contributed by atoms with van der Waals surface area (Å²) >= 11 is 0. The number of nitrogens with zero attached hydrogens (tertiary/aromatic N) is 6. The molecule has 3 aromatic rings. The van der Waals surface area contributed by atoms with Crippen molar-refractivity contribution in [3.8, 4) is 11.6 Å². The first kappa shape index (κ1) is 17.4. The lowest BCUT2D eigenvalue weighted by atomic mass is 10.0. The third-order valence-electron chi connectivity index (χ3n) is 4.83. The average Bonchev–Trinajstić information content (AvgIpc) is 3.38. The molecule has 1 aliphatic heterocycles. The summed E-state index contributed by atoms with van der Waals surface area (Å²) in [6.07, 6.45) is 3.52. The summed E-state index contributed by atoms with van der Waals surface area (Å²) in [7, 11) is 0. The fourth-order valence-electron chi connectivity index (χ4n) is 3.22. The Kier molecular flexibility index (Phi) is 4.70. The van der Waals surface area contributed by atoms with E-state index in [4.69, 9.17) is 4.52 Å². The zero-order chi connectivity index (χ0) is 18.8. The monoisotopic (exact) mass is 366 g/mol. The number of benzene rings is 1. The molecule has 0 radical (unpaired) electrons. The van der Waals surface area contributed by atoms with Crippen LogP contribution in [0.2, 0.25) is 0 Å². The Morgan fingerprint density at radius 1 is 1.19 bits per heavy atom. The molecule has 1 amide bonds. The van der Waals surface area contributed by atoms with Gasteiger partial charge in [0, 0.05) is 24.6 Å². The largest absolute Gasteiger partial charge is 0.338 e. The molecular formula is C19H22N6O2. The first-order valence-electron chi connectivity index (χ1n) is 9.22. The second kappa shape index (κ2) is 7.30. The number of hydrogen-bond acceptors (Lipinski definition) is 6. The minimum absolute atomic E-state index is 0.0837. The fourth-order valence-corrected chi connectivity index (χ4v) is 3.22. The van der Waals surface area contributed by atoms with E-state index in [1.54, 1.807) is 0 Å². The Morgan fingerprint density at radius 3 is 2.59 bits per heavy atom. The van der Waals surface area contributed by atoms with E-state index in [1.807, 2.05) is 60.0 Å². The van der Waals surface area contributed by atoms with Gasteiger partial charge in [0.25, 0.3) is 11.8 Å². The maximum atomic E-state index is 12.6. The SMILES string of the molecule is CC(C)c1noc(-c2cn(C3CCN(C(=O)c4ccccc4)CC3)nn2)n1. The normalized spacial score (nSPS) is 15.4. The molecule has 0 unspecified atom stereocenters. The Hall–Kier alpha value is -3.03. The van der Waals surface area contributed by atoms with Crippen molar-refractivity contribution >= 4 is 5.91 Å². The molecule has 0 atom stereocenters. The molecule has 1 saturated heterocycles. The highest BCUT2D eigenvalue weighted by Gasteiger charge is 2.26. The molecule has 1 fully saturated rings. The van der Waals surface area contributed by atoms with Crippen LogP contribution in [0.5, 0.6) is 0 Å². The maximum Gasteiger partial charge on any atom is 0.280 e. The lowest BCUT2D eigenvalue weighted by molar-refractivity contribution is 0.0689. The highest BCUT2D eigenvalue weighted by Crippen LogP contribution is 2.25. The molecule has 1 aliphatic rings. The first-order valence-corrected chi connectivity index (χ1v) is 9.22. The van der Waals surface area contributed by atoms with Crippen LogP contribution in [0.25, 0.3) is 11.6 Å². The number of carbonyl (C=O) groups is 1. The molecule has 0 spiro atoms. The van der Waals surface area contributed by atoms with E-state index in [0.717, 1.165) is 18.4 Å². The van der Waals surface area contributed by atoms with Crippen LogP contribution >= 0.6 is 0 Å². The number of likely N-dealkylation sites (tertiary alicyclic amines) is 1. The van der Waals surface area contributed by atoms with Gasteiger partial charge in [-0.1, -0.05) is 42.4 Å². The number of amides is 1. The van der Waals surface area contributed by atoms with Gasteiger partial charge in [-0.25, -0.2) is 4.68 Å². The van der Waals surface area contributed by atoms with Crippen LogP contribution in [-0.2, 0) is 0 Å². The second-order valence-corrected chi connectivity index (χ2v) is 7.09. The van der Waals surface area contributed by atoms with Crippen LogP contribution < -0.4 is 0 Å². The van der Waals surface area contributed by atoms with Crippen molar-refractivity contribution in [2.24, 2.45) is 0 Å². The standard InChI is InChI=1S/C19H22N6O2/c1-13(2)17-20-18(27-22-17)16-12-25(23-21-16)15-8-10-24(11-9-15)19(26)14-6-4-3-5-7-14/h3-7,12-13,15H,8-11H2,1-2H3. The Morgan fingerprint density at radius 2 is 1.93 bits per heavy atom. The van der Waals surface area contributed by atoms with Gasteiger partial charge in [0.15, 0.2) is 11.5 Å². The van der Waals surface area contributed by atoms with E-state index in [2.05, 4.69) is 20.5 Å². The van der Waals surface area contributed by atoms with Crippen molar-refractivity contribution in [1.29, 1.82) is 0 Å². The van der Waals surface area contributed by atoms with Gasteiger partial charge in [-0.3, -0.25) is 4.79 Å². The summed E-state index contributed by atoms with van der Waals surface area (Å²) < 4.78 is 7.13. The van der Waals surface area contributed by atoms with E-state index in [1.165, 1.54) is 0 Å². The summed E-state index contributed by atoms with van der Waals surface area (Å²) in [5.74, 6) is 1.33. The molecule has 1 aromatic carbocycles. The van der Waals surface area contributed by atoms with Crippen LogP contribution in [0.4, 0.5) is 0 Å². The zero-order valence-corrected chi connectivity index (χ0v) is 15.4. The smallest absolute Gasteiger partial charge is 0.280 e. The zero-order valence-electron chi connectivity index (χ0n) is 15.4. The Labute approximate surface area is 157 Å². The molecule has 0 N–H and O–H groups in total. The minimum atomic E-state index is 0.0837. The molecule has 0 bridgehead atoms. The number of carbonyl (C=O) groups excluding carboxylic acids is 1. The molecule has 8 nitrogen and oxygen atoms in total. The van der Waals surface area contributed by atoms with E-state index in [0.29, 0.717) is 30.5 Å². The van der Waals surface area contributed by atoms with Gasteiger partial charge in [-0.2, -0.15) is 4.98 Å². The fraction of sp³-hybridized carbons (Fsp3) is 0.421. The molecule has 4 rings (SSSR count). The number of rotatable bonds is 4. The summed E-state index contributed by atoms with van der Waals surface area (Å²) in [5.41, 5.74) is 1.31. The Balaban J connectivity index is 1.40. The highest BCUT2D eigenvalue weighted by molar-refractivity contribution is 5.94. The van der Waals surface area contributed by atoms with Crippen molar-refractivity contribution in [2.75, 3.05) is 13.1 Å². The summed E-state index contributed by atoms with van der Waals surface area (Å²) in [5, 5.41) is 12.4. The van der Waals surface area contributed by atoms with Crippen molar-refractivity contribution in [2.45, 2.75) is 38.6 Å². The quantitative estimate of drug-likeness (QED) is 0.705. The molecule has 2 aromatic heterocycles. The Bertz CT molecular complexity index is 909. The van der Waals surface area contributed by atoms with Crippen LogP contribution in [0.1, 0.15) is 54.8 Å². The molecule has 27 heavy (non-hydrogen) atoms. The van der Waals surface area contributed by atoms with Gasteiger partial charge < -0.3 is 9.42 Å². The van der Waals surface area contributed by atoms with E-state index in [-0.39, 0.29) is 17.9 Å². The molecular weight excluding hydrogens is 344 g/mol. The molecule has 0 aliphatic carbocycles. The van der Waals surface area contributed by atoms with E-state index < -0.39 is 0 Å². The van der Waals surface area contributed by atoms with Crippen molar-refractivity contribution in [1.82, 2.24) is 30.0 Å². The molecule has 0 saturated carbocycles. The summed E-state index contributed by atoms with van der Waals surface area (Å²) in [4.78, 5) is 18.8. The van der Waals surface area contributed by atoms with E-state index >= 15 is 0 Å². The van der Waals surface area contributed by atoms with Gasteiger partial charge >= 0.3 is 0 Å². The summed E-state index contributed by atoms with van der Waals surface area (Å²) in [6, 6.07) is 9.61. The second-order valence-electron chi connectivity index (χ2n) is 7.09. The van der Waals surface area contributed by atoms with Crippen molar-refractivity contribution in [3.05, 3.63) is 47.9 Å². The van der Waals surface area contributed by atoms with Gasteiger partial charge in [-0.15, -0.1) is 5.10 Å². The third kappa shape index (κ3) is 3.60. The summed E-state index contributed by atoms with van der Waals surface area (Å²) in [6.45, 7) is 5.42. The number of piperidine rings is 1. The number of hydrogen-bond donors (Lipinski definition) is 0. The molecule has 8 heteroatoms. The predicted molar refractivity (Wildman–Crippen MR) is 98.0 cm³/mol. The van der Waals surface area contributed by atoms with Crippen LogP contribution in [-0.4, -0.2) is 49.0 Å². The number of aromatic nitrogens is 5. The van der Waals surface area contributed by atoms with Crippen LogP contribution in [0.15, 0.2) is 41.1 Å². The van der Waals surface area contributed by atoms with Crippen LogP contribution in [0, 0.1) is 0 Å². The first-order chi connectivity index (χ1) is 13.1. The average molecular weight is 366 g/mol. The molecule has 3 heterocycles. The molecule has 140 valence electrons. The predicted octanol–water partition coefficient (Wildman–Crippen LogP) is 2.93. The van der Waals surface area contributed by atoms with Gasteiger partial charge in [0.2, 0.25) is 0 Å². The van der Waals surface area contributed by atoms with Gasteiger partial charge in [0.1, 0.15) is 0 Å². The van der Waals surface area contributed by atoms with Crippen molar-refractivity contribution in [3.63, 3.8) is 0 Å². The van der Waals surface area contributed by atoms with Crippen LogP contribution in [0.3, 0.4) is 0 Å². The lowest BCUT2D eigenvalue weighted by Gasteiger charge is -2.31. The van der Waals surface area contributed by atoms with Crippen molar-refractivity contribution < 1.29 is 9.32 Å². The third-order valence-corrected chi connectivity index (χ3v) is 4.83. The van der Waals surface area contributed by atoms with Gasteiger partial charge in [-0.05, 0) is 25.0 Å². The van der Waals surface area contributed by atoms with E-state index in [9.17, 15) is 4.79 Å². The van der Waals surface area contributed by atoms with Gasteiger partial charge in [0.05, 0.1) is 12.2 Å². The maximum absolute atomic E-state index is 12.6. The lowest BCUT2D eigenvalue weighted by Crippen LogP contribution is -2.39. The minimum Gasteiger partial charge on any atom is -0.338 e. The topological polar surface area (TPSA) is 89.9 Å².